The van der Waals surface area contributed by atoms with E-state index in [0.29, 0.717) is 16.4 Å². The molecule has 0 aliphatic heterocycles. The molecule has 0 aliphatic carbocycles. The molecule has 0 fully saturated rings. The van der Waals surface area contributed by atoms with Gasteiger partial charge in [0.2, 0.25) is 0 Å². The molecule has 0 saturated carbocycles. The van der Waals surface area contributed by atoms with Crippen molar-refractivity contribution in [1.29, 1.82) is 0 Å². The molecule has 5 nitrogen and oxygen atoms in total. The van der Waals surface area contributed by atoms with E-state index in [4.69, 9.17) is 10.3 Å². The van der Waals surface area contributed by atoms with Gasteiger partial charge in [-0.3, -0.25) is 0 Å². The predicted octanol–water partition coefficient (Wildman–Crippen LogP) is 2.33. The average molecular weight is 279 g/mol. The molecule has 0 saturated heterocycles. The number of nitrogens with two attached hydrogens (primary N) is 1. The second-order valence-electron chi connectivity index (χ2n) is 5.36. The molecular formula is C13H17N3O2S. The molecule has 1 aromatic heterocycles. The highest BCUT2D eigenvalue weighted by Crippen LogP contribution is 2.25. The highest BCUT2D eigenvalue weighted by Gasteiger charge is 2.19. The molecule has 2 aromatic rings. The molecule has 0 bridgehead atoms. The largest absolute Gasteiger partial charge is 0.384 e. The van der Waals surface area contributed by atoms with Crippen molar-refractivity contribution in [3.8, 4) is 5.69 Å². The molecule has 1 atom stereocenters. The highest BCUT2D eigenvalue weighted by atomic mass is 32.2. The topological polar surface area (TPSA) is 81.1 Å². The number of rotatable bonds is 2. The van der Waals surface area contributed by atoms with Crippen molar-refractivity contribution in [1.82, 2.24) is 9.78 Å². The fourth-order valence-electron chi connectivity index (χ4n) is 1.69. The SMILES string of the molecule is CC(C)(C)c1cc(N)n(-c2cccc(S(=O)O)c2)n1. The average Bonchev–Trinajstić information content (AvgIpc) is 2.71. The van der Waals surface area contributed by atoms with Crippen LogP contribution in [0.3, 0.4) is 0 Å². The van der Waals surface area contributed by atoms with Crippen molar-refractivity contribution in [2.45, 2.75) is 31.1 Å². The Bertz CT molecular complexity index is 629. The first-order valence-corrected chi connectivity index (χ1v) is 6.97. The minimum Gasteiger partial charge on any atom is -0.384 e. The summed E-state index contributed by atoms with van der Waals surface area (Å²) in [5, 5.41) is 4.46. The lowest BCUT2D eigenvalue weighted by Gasteiger charge is -2.14. The van der Waals surface area contributed by atoms with Crippen LogP contribution in [-0.2, 0) is 16.5 Å². The molecule has 0 spiro atoms. The van der Waals surface area contributed by atoms with E-state index in [1.54, 1.807) is 28.9 Å². The van der Waals surface area contributed by atoms with Crippen LogP contribution in [0.4, 0.5) is 5.82 Å². The van der Waals surface area contributed by atoms with Crippen molar-refractivity contribution < 1.29 is 8.76 Å². The van der Waals surface area contributed by atoms with Gasteiger partial charge in [-0.25, -0.2) is 8.89 Å². The normalized spacial score (nSPS) is 13.5. The van der Waals surface area contributed by atoms with Crippen LogP contribution in [0, 0.1) is 0 Å². The summed E-state index contributed by atoms with van der Waals surface area (Å²) in [6.45, 7) is 6.16. The van der Waals surface area contributed by atoms with Crippen molar-refractivity contribution >= 4 is 16.9 Å². The number of hydrogen-bond acceptors (Lipinski definition) is 3. The van der Waals surface area contributed by atoms with E-state index in [0.717, 1.165) is 5.69 Å². The lowest BCUT2D eigenvalue weighted by Crippen LogP contribution is -2.12. The van der Waals surface area contributed by atoms with Gasteiger partial charge in [-0.15, -0.1) is 0 Å². The zero-order chi connectivity index (χ0) is 14.2. The predicted molar refractivity (Wildman–Crippen MR) is 75.7 cm³/mol. The molecule has 6 heteroatoms. The quantitative estimate of drug-likeness (QED) is 0.827. The zero-order valence-corrected chi connectivity index (χ0v) is 11.9. The van der Waals surface area contributed by atoms with Gasteiger partial charge in [-0.1, -0.05) is 26.8 Å². The summed E-state index contributed by atoms with van der Waals surface area (Å²) in [7, 11) is 0. The van der Waals surface area contributed by atoms with Crippen LogP contribution in [0.15, 0.2) is 35.2 Å². The Hall–Kier alpha value is -1.66. The van der Waals surface area contributed by atoms with Gasteiger partial charge in [0.15, 0.2) is 11.1 Å². The molecule has 1 unspecified atom stereocenters. The third-order valence-corrected chi connectivity index (χ3v) is 3.43. The van der Waals surface area contributed by atoms with Crippen LogP contribution in [-0.4, -0.2) is 18.5 Å². The van der Waals surface area contributed by atoms with E-state index in [-0.39, 0.29) is 5.41 Å². The first-order chi connectivity index (χ1) is 8.79. The van der Waals surface area contributed by atoms with Crippen LogP contribution in [0.2, 0.25) is 0 Å². The second-order valence-corrected chi connectivity index (χ2v) is 6.33. The summed E-state index contributed by atoms with van der Waals surface area (Å²) < 4.78 is 21.8. The highest BCUT2D eigenvalue weighted by molar-refractivity contribution is 7.79. The fraction of sp³-hybridized carbons (Fsp3) is 0.308. The van der Waals surface area contributed by atoms with Gasteiger partial charge in [-0.2, -0.15) is 5.10 Å². The number of nitrogens with zero attached hydrogens (tertiary/aromatic N) is 2. The maximum absolute atomic E-state index is 11.1. The number of hydrogen-bond donors (Lipinski definition) is 2. The monoisotopic (exact) mass is 279 g/mol. The molecule has 0 aliphatic rings. The molecule has 19 heavy (non-hydrogen) atoms. The van der Waals surface area contributed by atoms with E-state index in [1.807, 2.05) is 6.07 Å². The molecule has 1 aromatic carbocycles. The van der Waals surface area contributed by atoms with Gasteiger partial charge in [0.25, 0.3) is 0 Å². The third-order valence-electron chi connectivity index (χ3n) is 2.77. The van der Waals surface area contributed by atoms with Crippen LogP contribution < -0.4 is 5.73 Å². The van der Waals surface area contributed by atoms with Crippen LogP contribution >= 0.6 is 0 Å². The molecule has 3 N–H and O–H groups in total. The lowest BCUT2D eigenvalue weighted by atomic mass is 9.92. The Morgan fingerprint density at radius 1 is 1.32 bits per heavy atom. The number of benzene rings is 1. The molecule has 2 rings (SSSR count). The Labute approximate surface area is 114 Å². The Kier molecular flexibility index (Phi) is 3.47. The standard InChI is InChI=1S/C13H17N3O2S/c1-13(2,3)11-8-12(14)16(15-11)9-5-4-6-10(7-9)19(17)18/h4-8H,14H2,1-3H3,(H,17,18). The lowest BCUT2D eigenvalue weighted by molar-refractivity contribution is 0.559. The van der Waals surface area contributed by atoms with E-state index in [2.05, 4.69) is 25.9 Å². The van der Waals surface area contributed by atoms with Crippen molar-refractivity contribution in [3.63, 3.8) is 0 Å². The minimum absolute atomic E-state index is 0.100. The Morgan fingerprint density at radius 3 is 2.53 bits per heavy atom. The smallest absolute Gasteiger partial charge is 0.186 e. The van der Waals surface area contributed by atoms with E-state index < -0.39 is 11.1 Å². The van der Waals surface area contributed by atoms with Crippen molar-refractivity contribution in [2.75, 3.05) is 5.73 Å². The van der Waals surface area contributed by atoms with Gasteiger partial charge < -0.3 is 10.3 Å². The van der Waals surface area contributed by atoms with Gasteiger partial charge in [0.05, 0.1) is 16.3 Å². The van der Waals surface area contributed by atoms with Crippen molar-refractivity contribution in [2.24, 2.45) is 0 Å². The number of anilines is 1. The summed E-state index contributed by atoms with van der Waals surface area (Å²) in [6.07, 6.45) is 0. The summed E-state index contributed by atoms with van der Waals surface area (Å²) in [5.74, 6) is 0.505. The zero-order valence-electron chi connectivity index (χ0n) is 11.1. The van der Waals surface area contributed by atoms with Crippen LogP contribution in [0.25, 0.3) is 5.69 Å². The van der Waals surface area contributed by atoms with Crippen LogP contribution in [0.1, 0.15) is 26.5 Å². The maximum Gasteiger partial charge on any atom is 0.186 e. The summed E-state index contributed by atoms with van der Waals surface area (Å²) in [6, 6.07) is 8.52. The Morgan fingerprint density at radius 2 is 2.00 bits per heavy atom. The van der Waals surface area contributed by atoms with E-state index in [9.17, 15) is 4.21 Å². The van der Waals surface area contributed by atoms with Gasteiger partial charge >= 0.3 is 0 Å². The molecule has 0 radical (unpaired) electrons. The van der Waals surface area contributed by atoms with Gasteiger partial charge in [0.1, 0.15) is 5.82 Å². The maximum atomic E-state index is 11.1. The Balaban J connectivity index is 2.50. The number of nitrogen functional groups attached to an aromatic ring is 1. The minimum atomic E-state index is -2.01. The molecule has 1 heterocycles. The first-order valence-electron chi connectivity index (χ1n) is 5.86. The summed E-state index contributed by atoms with van der Waals surface area (Å²) >= 11 is -2.01. The second kappa shape index (κ2) is 4.79. The van der Waals surface area contributed by atoms with Crippen LogP contribution in [0.5, 0.6) is 0 Å². The van der Waals surface area contributed by atoms with Gasteiger partial charge in [-0.05, 0) is 18.2 Å². The fourth-order valence-corrected chi connectivity index (χ4v) is 2.11. The van der Waals surface area contributed by atoms with E-state index in [1.165, 1.54) is 0 Å². The third kappa shape index (κ3) is 2.85. The first kappa shape index (κ1) is 13.8. The summed E-state index contributed by atoms with van der Waals surface area (Å²) in [4.78, 5) is 0.324. The number of aromatic nitrogens is 2. The van der Waals surface area contributed by atoms with E-state index >= 15 is 0 Å². The van der Waals surface area contributed by atoms with Crippen molar-refractivity contribution in [3.05, 3.63) is 36.0 Å². The molecule has 0 amide bonds. The summed E-state index contributed by atoms with van der Waals surface area (Å²) in [5.41, 5.74) is 7.41. The molecular weight excluding hydrogens is 262 g/mol. The molecule has 102 valence electrons. The van der Waals surface area contributed by atoms with Gasteiger partial charge in [0, 0.05) is 11.5 Å².